The molecule has 2 aliphatic heterocycles. The van der Waals surface area contributed by atoms with E-state index in [0.29, 0.717) is 29.4 Å². The Labute approximate surface area is 146 Å². The zero-order chi connectivity index (χ0) is 17.2. The van der Waals surface area contributed by atoms with Gasteiger partial charge in [-0.25, -0.2) is 4.98 Å². The first-order valence-corrected chi connectivity index (χ1v) is 8.56. The molecule has 1 aromatic heterocycles. The summed E-state index contributed by atoms with van der Waals surface area (Å²) >= 11 is 0. The Kier molecular flexibility index (Phi) is 4.09. The normalized spacial score (nSPS) is 18.8. The second kappa shape index (κ2) is 6.55. The number of nitrogens with one attached hydrogen (secondary N) is 2. The molecule has 1 saturated heterocycles. The molecule has 6 heteroatoms. The minimum Gasteiger partial charge on any atom is -0.371 e. The van der Waals surface area contributed by atoms with Gasteiger partial charge >= 0.3 is 0 Å². The number of carbonyl (C=O) groups excluding carboxylic acids is 2. The number of hydrogen-bond acceptors (Lipinski definition) is 4. The highest BCUT2D eigenvalue weighted by molar-refractivity contribution is 6.04. The standard InChI is InChI=1S/C19H20N4O2/c24-17-10-16-15(6-8-20-18(16)22-17)19(25)21-11-13-7-9-23(12-13)14-4-2-1-3-5-14/h1-6,8,13H,7,9-12H2,(H,21,25)(H,20,22,24). The maximum absolute atomic E-state index is 12.5. The summed E-state index contributed by atoms with van der Waals surface area (Å²) < 4.78 is 0. The molecule has 0 saturated carbocycles. The molecule has 2 aromatic rings. The largest absolute Gasteiger partial charge is 0.371 e. The molecule has 25 heavy (non-hydrogen) atoms. The smallest absolute Gasteiger partial charge is 0.251 e. The number of fused-ring (bicyclic) bond motifs is 1. The maximum atomic E-state index is 12.5. The lowest BCUT2D eigenvalue weighted by Crippen LogP contribution is -2.31. The predicted octanol–water partition coefficient (Wildman–Crippen LogP) is 1.83. The van der Waals surface area contributed by atoms with Crippen molar-refractivity contribution in [1.29, 1.82) is 0 Å². The zero-order valence-electron chi connectivity index (χ0n) is 13.9. The molecule has 128 valence electrons. The van der Waals surface area contributed by atoms with E-state index in [2.05, 4.69) is 32.7 Å². The molecule has 1 aromatic carbocycles. The summed E-state index contributed by atoms with van der Waals surface area (Å²) in [5.74, 6) is 0.693. The third kappa shape index (κ3) is 3.20. The van der Waals surface area contributed by atoms with Gasteiger partial charge in [-0.3, -0.25) is 9.59 Å². The molecule has 0 spiro atoms. The first kappa shape index (κ1) is 15.6. The van der Waals surface area contributed by atoms with Gasteiger partial charge in [0, 0.05) is 42.6 Å². The fraction of sp³-hybridized carbons (Fsp3) is 0.316. The number of rotatable bonds is 4. The highest BCUT2D eigenvalue weighted by Crippen LogP contribution is 2.25. The van der Waals surface area contributed by atoms with E-state index in [0.717, 1.165) is 19.5 Å². The number of anilines is 2. The van der Waals surface area contributed by atoms with Crippen LogP contribution in [0.4, 0.5) is 11.5 Å². The van der Waals surface area contributed by atoms with Crippen molar-refractivity contribution in [2.75, 3.05) is 29.9 Å². The lowest BCUT2D eigenvalue weighted by atomic mass is 10.1. The summed E-state index contributed by atoms with van der Waals surface area (Å²) in [7, 11) is 0. The van der Waals surface area contributed by atoms with E-state index in [-0.39, 0.29) is 18.2 Å². The van der Waals surface area contributed by atoms with E-state index in [1.54, 1.807) is 12.3 Å². The van der Waals surface area contributed by atoms with E-state index in [9.17, 15) is 9.59 Å². The first-order chi connectivity index (χ1) is 12.2. The van der Waals surface area contributed by atoms with Crippen LogP contribution in [0.5, 0.6) is 0 Å². The van der Waals surface area contributed by atoms with Gasteiger partial charge < -0.3 is 15.5 Å². The molecule has 6 nitrogen and oxygen atoms in total. The number of para-hydroxylation sites is 1. The van der Waals surface area contributed by atoms with Crippen LogP contribution in [0.3, 0.4) is 0 Å². The van der Waals surface area contributed by atoms with Gasteiger partial charge in [-0.1, -0.05) is 18.2 Å². The van der Waals surface area contributed by atoms with E-state index in [1.165, 1.54) is 5.69 Å². The lowest BCUT2D eigenvalue weighted by molar-refractivity contribution is -0.115. The van der Waals surface area contributed by atoms with E-state index in [1.807, 2.05) is 18.2 Å². The van der Waals surface area contributed by atoms with Gasteiger partial charge in [0.25, 0.3) is 5.91 Å². The van der Waals surface area contributed by atoms with Crippen LogP contribution in [0.2, 0.25) is 0 Å². The molecule has 0 radical (unpaired) electrons. The highest BCUT2D eigenvalue weighted by Gasteiger charge is 2.26. The molecule has 0 aliphatic carbocycles. The van der Waals surface area contributed by atoms with Crippen LogP contribution >= 0.6 is 0 Å². The van der Waals surface area contributed by atoms with Crippen molar-refractivity contribution >= 4 is 23.3 Å². The van der Waals surface area contributed by atoms with Crippen molar-refractivity contribution in [2.24, 2.45) is 5.92 Å². The molecule has 3 heterocycles. The Morgan fingerprint density at radius 2 is 2.12 bits per heavy atom. The van der Waals surface area contributed by atoms with Gasteiger partial charge in [0.05, 0.1) is 6.42 Å². The molecule has 2 amide bonds. The number of pyridine rings is 1. The fourth-order valence-corrected chi connectivity index (χ4v) is 3.53. The fourth-order valence-electron chi connectivity index (χ4n) is 3.53. The number of carbonyl (C=O) groups is 2. The summed E-state index contributed by atoms with van der Waals surface area (Å²) in [6, 6.07) is 12.0. The lowest BCUT2D eigenvalue weighted by Gasteiger charge is -2.18. The molecule has 1 fully saturated rings. The first-order valence-electron chi connectivity index (χ1n) is 8.56. The van der Waals surface area contributed by atoms with Crippen LogP contribution in [0, 0.1) is 5.92 Å². The molecule has 4 rings (SSSR count). The van der Waals surface area contributed by atoms with Crippen LogP contribution in [0.1, 0.15) is 22.3 Å². The summed E-state index contributed by atoms with van der Waals surface area (Å²) in [6.07, 6.45) is 2.84. The van der Waals surface area contributed by atoms with Crippen LogP contribution in [-0.4, -0.2) is 36.4 Å². The number of hydrogen-bond donors (Lipinski definition) is 2. The molecule has 1 unspecified atom stereocenters. The van der Waals surface area contributed by atoms with Crippen LogP contribution in [0.25, 0.3) is 0 Å². The van der Waals surface area contributed by atoms with E-state index in [4.69, 9.17) is 0 Å². The van der Waals surface area contributed by atoms with Crippen LogP contribution < -0.4 is 15.5 Å². The highest BCUT2D eigenvalue weighted by atomic mass is 16.2. The minimum atomic E-state index is -0.131. The molecule has 0 bridgehead atoms. The van der Waals surface area contributed by atoms with Gasteiger partial charge in [0.2, 0.25) is 5.91 Å². The van der Waals surface area contributed by atoms with Crippen molar-refractivity contribution < 1.29 is 9.59 Å². The number of nitrogens with zero attached hydrogens (tertiary/aromatic N) is 2. The second-order valence-corrected chi connectivity index (χ2v) is 6.56. The summed E-state index contributed by atoms with van der Waals surface area (Å²) in [4.78, 5) is 30.5. The summed E-state index contributed by atoms with van der Waals surface area (Å²) in [6.45, 7) is 2.59. The number of benzene rings is 1. The maximum Gasteiger partial charge on any atom is 0.251 e. The van der Waals surface area contributed by atoms with E-state index < -0.39 is 0 Å². The zero-order valence-corrected chi connectivity index (χ0v) is 13.9. The Balaban J connectivity index is 1.36. The molecule has 2 N–H and O–H groups in total. The van der Waals surface area contributed by atoms with Gasteiger partial charge in [-0.15, -0.1) is 0 Å². The average molecular weight is 336 g/mol. The van der Waals surface area contributed by atoms with Gasteiger partial charge in [-0.05, 0) is 30.5 Å². The predicted molar refractivity (Wildman–Crippen MR) is 95.7 cm³/mol. The molecular weight excluding hydrogens is 316 g/mol. The third-order valence-electron chi connectivity index (χ3n) is 4.85. The number of aromatic nitrogens is 1. The summed E-state index contributed by atoms with van der Waals surface area (Å²) in [5.41, 5.74) is 2.47. The Bertz CT molecular complexity index is 806. The van der Waals surface area contributed by atoms with Crippen molar-refractivity contribution in [2.45, 2.75) is 12.8 Å². The van der Waals surface area contributed by atoms with Gasteiger partial charge in [0.15, 0.2) is 0 Å². The number of amides is 2. The van der Waals surface area contributed by atoms with Crippen LogP contribution in [-0.2, 0) is 11.2 Å². The topological polar surface area (TPSA) is 74.3 Å². The monoisotopic (exact) mass is 336 g/mol. The SMILES string of the molecule is O=C1Cc2c(C(=O)NCC3CCN(c4ccccc4)C3)ccnc2N1. The quantitative estimate of drug-likeness (QED) is 0.893. The Morgan fingerprint density at radius 1 is 1.28 bits per heavy atom. The van der Waals surface area contributed by atoms with E-state index >= 15 is 0 Å². The molecular formula is C19H20N4O2. The third-order valence-corrected chi connectivity index (χ3v) is 4.85. The van der Waals surface area contributed by atoms with Crippen molar-refractivity contribution in [3.05, 3.63) is 53.7 Å². The van der Waals surface area contributed by atoms with Gasteiger partial charge in [0.1, 0.15) is 5.82 Å². The van der Waals surface area contributed by atoms with Crippen molar-refractivity contribution in [1.82, 2.24) is 10.3 Å². The minimum absolute atomic E-state index is 0.114. The van der Waals surface area contributed by atoms with Crippen molar-refractivity contribution in [3.8, 4) is 0 Å². The molecule has 1 atom stereocenters. The van der Waals surface area contributed by atoms with Crippen molar-refractivity contribution in [3.63, 3.8) is 0 Å². The Hall–Kier alpha value is -2.89. The average Bonchev–Trinajstić information content (AvgIpc) is 3.25. The van der Waals surface area contributed by atoms with Crippen LogP contribution in [0.15, 0.2) is 42.6 Å². The van der Waals surface area contributed by atoms with Gasteiger partial charge in [-0.2, -0.15) is 0 Å². The Morgan fingerprint density at radius 3 is 2.96 bits per heavy atom. The second-order valence-electron chi connectivity index (χ2n) is 6.56. The summed E-state index contributed by atoms with van der Waals surface area (Å²) in [5, 5.41) is 5.70. The molecule has 2 aliphatic rings.